The molecule has 1 aromatic carbocycles. The first-order valence-electron chi connectivity index (χ1n) is 5.63. The van der Waals surface area contributed by atoms with E-state index in [1.54, 1.807) is 0 Å². The van der Waals surface area contributed by atoms with Crippen LogP contribution in [0.25, 0.3) is 0 Å². The third-order valence-corrected chi connectivity index (χ3v) is 3.82. The largest absolute Gasteiger partial charge is 0.338 e. The molecule has 0 fully saturated rings. The molecule has 90 valence electrons. The number of benzene rings is 1. The highest BCUT2D eigenvalue weighted by Crippen LogP contribution is 2.30. The van der Waals surface area contributed by atoms with Gasteiger partial charge in [0.15, 0.2) is 5.82 Å². The predicted octanol–water partition coefficient (Wildman–Crippen LogP) is 3.68. The Morgan fingerprint density at radius 2 is 2.06 bits per heavy atom. The highest BCUT2D eigenvalue weighted by Gasteiger charge is 2.13. The van der Waals surface area contributed by atoms with Crippen molar-refractivity contribution in [1.82, 2.24) is 10.1 Å². The summed E-state index contributed by atoms with van der Waals surface area (Å²) < 4.78 is 5.16. The molecule has 1 atom stereocenters. The molecule has 0 aliphatic rings. The molecular weight excluding hydrogens is 232 g/mol. The van der Waals surface area contributed by atoms with Crippen molar-refractivity contribution in [3.05, 3.63) is 47.1 Å². The number of aromatic nitrogens is 2. The van der Waals surface area contributed by atoms with Gasteiger partial charge in [0.25, 0.3) is 0 Å². The van der Waals surface area contributed by atoms with E-state index in [1.807, 2.05) is 18.7 Å². The van der Waals surface area contributed by atoms with Gasteiger partial charge in [0.05, 0.1) is 5.25 Å². The van der Waals surface area contributed by atoms with Crippen molar-refractivity contribution in [1.29, 1.82) is 0 Å². The Bertz CT molecular complexity index is 496. The van der Waals surface area contributed by atoms with Gasteiger partial charge in [0.1, 0.15) is 0 Å². The minimum atomic E-state index is 0.232. The number of hydrogen-bond acceptors (Lipinski definition) is 4. The Labute approximate surface area is 106 Å². The lowest BCUT2D eigenvalue weighted by Gasteiger charge is -2.08. The van der Waals surface area contributed by atoms with Crippen LogP contribution in [-0.4, -0.2) is 10.1 Å². The number of rotatable bonds is 4. The summed E-state index contributed by atoms with van der Waals surface area (Å²) in [5.41, 5.74) is 2.69. The van der Waals surface area contributed by atoms with Crippen molar-refractivity contribution in [3.63, 3.8) is 0 Å². The maximum atomic E-state index is 5.16. The standard InChI is InChI=1S/C13H16N2OS/c1-9-6-4-5-7-12(9)8-17-10(2)13-14-11(3)15-16-13/h4-7,10H,8H2,1-3H3. The fourth-order valence-corrected chi connectivity index (χ4v) is 2.53. The number of aryl methyl sites for hydroxylation is 2. The smallest absolute Gasteiger partial charge is 0.239 e. The Balaban J connectivity index is 1.97. The molecule has 1 heterocycles. The number of nitrogens with zero attached hydrogens (tertiary/aromatic N) is 2. The molecule has 1 unspecified atom stereocenters. The van der Waals surface area contributed by atoms with Gasteiger partial charge >= 0.3 is 0 Å². The molecule has 3 nitrogen and oxygen atoms in total. The zero-order valence-corrected chi connectivity index (χ0v) is 11.1. The van der Waals surface area contributed by atoms with Gasteiger partial charge in [-0.15, -0.1) is 11.8 Å². The summed E-state index contributed by atoms with van der Waals surface area (Å²) in [6.07, 6.45) is 0. The van der Waals surface area contributed by atoms with Gasteiger partial charge in [0, 0.05) is 5.75 Å². The second-order valence-corrected chi connectivity index (χ2v) is 5.39. The number of thioether (sulfide) groups is 1. The van der Waals surface area contributed by atoms with Crippen molar-refractivity contribution in [3.8, 4) is 0 Å². The van der Waals surface area contributed by atoms with E-state index < -0.39 is 0 Å². The van der Waals surface area contributed by atoms with Crippen molar-refractivity contribution < 1.29 is 4.52 Å². The van der Waals surface area contributed by atoms with Crippen LogP contribution in [0, 0.1) is 13.8 Å². The lowest BCUT2D eigenvalue weighted by atomic mass is 10.1. The molecule has 2 rings (SSSR count). The summed E-state index contributed by atoms with van der Waals surface area (Å²) >= 11 is 1.81. The van der Waals surface area contributed by atoms with Crippen molar-refractivity contribution >= 4 is 11.8 Å². The second kappa shape index (κ2) is 5.36. The summed E-state index contributed by atoms with van der Waals surface area (Å²) in [4.78, 5) is 4.25. The molecule has 0 saturated carbocycles. The summed E-state index contributed by atoms with van der Waals surface area (Å²) in [7, 11) is 0. The Morgan fingerprint density at radius 1 is 1.29 bits per heavy atom. The summed E-state index contributed by atoms with van der Waals surface area (Å²) in [6, 6.07) is 8.43. The quantitative estimate of drug-likeness (QED) is 0.827. The van der Waals surface area contributed by atoms with Gasteiger partial charge < -0.3 is 4.52 Å². The highest BCUT2D eigenvalue weighted by atomic mass is 32.2. The van der Waals surface area contributed by atoms with Crippen LogP contribution in [0.3, 0.4) is 0 Å². The molecule has 0 amide bonds. The van der Waals surface area contributed by atoms with Crippen LogP contribution in [0.1, 0.15) is 35.0 Å². The van der Waals surface area contributed by atoms with Crippen LogP contribution < -0.4 is 0 Å². The first-order chi connectivity index (χ1) is 8.16. The summed E-state index contributed by atoms with van der Waals surface area (Å²) in [6.45, 7) is 6.07. The van der Waals surface area contributed by atoms with Crippen LogP contribution in [0.15, 0.2) is 28.8 Å². The average molecular weight is 248 g/mol. The van der Waals surface area contributed by atoms with Gasteiger partial charge in [-0.3, -0.25) is 0 Å². The van der Waals surface area contributed by atoms with Gasteiger partial charge in [-0.2, -0.15) is 4.98 Å². The van der Waals surface area contributed by atoms with Crippen LogP contribution in [0.4, 0.5) is 0 Å². The zero-order valence-electron chi connectivity index (χ0n) is 10.3. The van der Waals surface area contributed by atoms with E-state index in [1.165, 1.54) is 11.1 Å². The third-order valence-electron chi connectivity index (χ3n) is 2.64. The maximum absolute atomic E-state index is 5.16. The van der Waals surface area contributed by atoms with E-state index in [2.05, 4.69) is 48.3 Å². The second-order valence-electron chi connectivity index (χ2n) is 4.06. The Hall–Kier alpha value is -1.29. The van der Waals surface area contributed by atoms with Gasteiger partial charge in [-0.1, -0.05) is 29.4 Å². The molecule has 0 spiro atoms. The van der Waals surface area contributed by atoms with Crippen molar-refractivity contribution in [2.75, 3.05) is 0 Å². The van der Waals surface area contributed by atoms with Crippen molar-refractivity contribution in [2.45, 2.75) is 31.8 Å². The van der Waals surface area contributed by atoms with E-state index in [-0.39, 0.29) is 5.25 Å². The highest BCUT2D eigenvalue weighted by molar-refractivity contribution is 7.98. The van der Waals surface area contributed by atoms with Crippen LogP contribution in [0.5, 0.6) is 0 Å². The molecule has 0 saturated heterocycles. The first kappa shape index (κ1) is 12.2. The lowest BCUT2D eigenvalue weighted by molar-refractivity contribution is 0.376. The molecule has 0 N–H and O–H groups in total. The predicted molar refractivity (Wildman–Crippen MR) is 69.9 cm³/mol. The topological polar surface area (TPSA) is 38.9 Å². The molecular formula is C13H16N2OS. The molecule has 17 heavy (non-hydrogen) atoms. The molecule has 2 aromatic rings. The molecule has 1 aromatic heterocycles. The van der Waals surface area contributed by atoms with E-state index in [9.17, 15) is 0 Å². The van der Waals surface area contributed by atoms with E-state index in [0.29, 0.717) is 11.7 Å². The number of hydrogen-bond donors (Lipinski definition) is 0. The lowest BCUT2D eigenvalue weighted by Crippen LogP contribution is -1.92. The van der Waals surface area contributed by atoms with Gasteiger partial charge in [-0.05, 0) is 31.9 Å². The van der Waals surface area contributed by atoms with Gasteiger partial charge in [0.2, 0.25) is 5.89 Å². The third kappa shape index (κ3) is 3.09. The van der Waals surface area contributed by atoms with Gasteiger partial charge in [-0.25, -0.2) is 0 Å². The average Bonchev–Trinajstić information content (AvgIpc) is 2.74. The first-order valence-corrected chi connectivity index (χ1v) is 6.68. The van der Waals surface area contributed by atoms with Crippen LogP contribution >= 0.6 is 11.8 Å². The Morgan fingerprint density at radius 3 is 2.71 bits per heavy atom. The molecule has 0 aliphatic carbocycles. The minimum absolute atomic E-state index is 0.232. The fraction of sp³-hybridized carbons (Fsp3) is 0.385. The normalized spacial score (nSPS) is 12.6. The summed E-state index contributed by atoms with van der Waals surface area (Å²) in [5.74, 6) is 2.37. The van der Waals surface area contributed by atoms with E-state index in [4.69, 9.17) is 4.52 Å². The monoisotopic (exact) mass is 248 g/mol. The minimum Gasteiger partial charge on any atom is -0.338 e. The Kier molecular flexibility index (Phi) is 3.84. The molecule has 4 heteroatoms. The van der Waals surface area contributed by atoms with Crippen LogP contribution in [-0.2, 0) is 5.75 Å². The van der Waals surface area contributed by atoms with Crippen LogP contribution in [0.2, 0.25) is 0 Å². The van der Waals surface area contributed by atoms with E-state index >= 15 is 0 Å². The van der Waals surface area contributed by atoms with E-state index in [0.717, 1.165) is 5.75 Å². The summed E-state index contributed by atoms with van der Waals surface area (Å²) in [5, 5.41) is 4.04. The maximum Gasteiger partial charge on any atom is 0.239 e. The molecule has 0 aliphatic heterocycles. The van der Waals surface area contributed by atoms with Crippen molar-refractivity contribution in [2.24, 2.45) is 0 Å². The zero-order chi connectivity index (χ0) is 12.3. The molecule has 0 bridgehead atoms. The molecule has 0 radical (unpaired) electrons. The fourth-order valence-electron chi connectivity index (χ4n) is 1.54. The SMILES string of the molecule is Cc1noc(C(C)SCc2ccccc2C)n1.